The molecule has 0 aliphatic carbocycles. The van der Waals surface area contributed by atoms with Gasteiger partial charge < -0.3 is 15.1 Å². The first-order chi connectivity index (χ1) is 13.5. The summed E-state index contributed by atoms with van der Waals surface area (Å²) in [6, 6.07) is 1.77. The van der Waals surface area contributed by atoms with Crippen LogP contribution < -0.4 is 20.4 Å². The molecule has 160 valence electrons. The Morgan fingerprint density at radius 3 is 2.41 bits per heavy atom. The second kappa shape index (κ2) is 9.07. The minimum absolute atomic E-state index is 0.0501. The normalized spacial score (nSPS) is 15.3. The molecule has 3 amide bonds. The van der Waals surface area contributed by atoms with Gasteiger partial charge in [-0.05, 0) is 26.0 Å². The number of alkyl halides is 3. The van der Waals surface area contributed by atoms with Crippen LogP contribution in [0.3, 0.4) is 0 Å². The molecule has 29 heavy (non-hydrogen) atoms. The zero-order valence-corrected chi connectivity index (χ0v) is 16.0. The second-order valence-electron chi connectivity index (χ2n) is 7.05. The van der Waals surface area contributed by atoms with Crippen LogP contribution in [0.5, 0.6) is 0 Å². The van der Waals surface area contributed by atoms with Crippen LogP contribution >= 0.6 is 0 Å². The smallest absolute Gasteiger partial charge is 0.355 e. The van der Waals surface area contributed by atoms with Crippen molar-refractivity contribution in [3.63, 3.8) is 0 Å². The standard InChI is InChI=1S/C17H22F3N5O4/c1-11(2)21-16(27)22-15(26)10-23-5-7-24(8-6-23)13-4-3-12(17(18,19)20)9-14(13)25(28)29/h3-4,9,11H,5-8,10H2,1-2H3,(H2,21,22,26,27)/p+1. The molecule has 1 heterocycles. The van der Waals surface area contributed by atoms with Gasteiger partial charge in [0.05, 0.1) is 36.7 Å². The van der Waals surface area contributed by atoms with Crippen LogP contribution in [-0.2, 0) is 11.0 Å². The molecule has 0 unspecified atom stereocenters. The summed E-state index contributed by atoms with van der Waals surface area (Å²) >= 11 is 0. The number of nitro groups is 1. The highest BCUT2D eigenvalue weighted by Crippen LogP contribution is 2.36. The number of amides is 3. The predicted octanol–water partition coefficient (Wildman–Crippen LogP) is 0.553. The Morgan fingerprint density at radius 2 is 1.90 bits per heavy atom. The summed E-state index contributed by atoms with van der Waals surface area (Å²) < 4.78 is 38.5. The monoisotopic (exact) mass is 418 g/mol. The lowest BCUT2D eigenvalue weighted by atomic mass is 10.1. The van der Waals surface area contributed by atoms with Crippen LogP contribution in [0.25, 0.3) is 0 Å². The number of hydrogen-bond donors (Lipinski definition) is 3. The molecule has 1 aliphatic rings. The molecular weight excluding hydrogens is 395 g/mol. The van der Waals surface area contributed by atoms with Gasteiger partial charge in [0.2, 0.25) is 0 Å². The Bertz CT molecular complexity index is 777. The fourth-order valence-electron chi connectivity index (χ4n) is 3.05. The number of quaternary nitrogens is 1. The lowest BCUT2D eigenvalue weighted by molar-refractivity contribution is -0.892. The minimum atomic E-state index is -4.67. The number of anilines is 1. The average Bonchev–Trinajstić information content (AvgIpc) is 2.60. The molecule has 1 aromatic carbocycles. The van der Waals surface area contributed by atoms with Gasteiger partial charge >= 0.3 is 12.2 Å². The molecule has 9 nitrogen and oxygen atoms in total. The number of hydrogen-bond acceptors (Lipinski definition) is 5. The molecular formula is C17H23F3N5O4+. The van der Waals surface area contributed by atoms with Crippen LogP contribution in [0.1, 0.15) is 19.4 Å². The third-order valence-electron chi connectivity index (χ3n) is 4.39. The van der Waals surface area contributed by atoms with Crippen molar-refractivity contribution in [3.8, 4) is 0 Å². The van der Waals surface area contributed by atoms with E-state index in [0.29, 0.717) is 32.2 Å². The molecule has 0 spiro atoms. The lowest BCUT2D eigenvalue weighted by Crippen LogP contribution is -3.16. The summed E-state index contributed by atoms with van der Waals surface area (Å²) in [7, 11) is 0. The van der Waals surface area contributed by atoms with E-state index in [2.05, 4.69) is 10.6 Å². The zero-order valence-electron chi connectivity index (χ0n) is 16.0. The molecule has 0 radical (unpaired) electrons. The zero-order chi connectivity index (χ0) is 21.8. The van der Waals surface area contributed by atoms with E-state index in [0.717, 1.165) is 17.0 Å². The van der Waals surface area contributed by atoms with E-state index in [-0.39, 0.29) is 18.3 Å². The number of imide groups is 1. The molecule has 0 bridgehead atoms. The van der Waals surface area contributed by atoms with Crippen molar-refractivity contribution in [1.29, 1.82) is 0 Å². The quantitative estimate of drug-likeness (QED) is 0.478. The van der Waals surface area contributed by atoms with Crippen molar-refractivity contribution < 1.29 is 32.6 Å². The van der Waals surface area contributed by atoms with Crippen LogP contribution in [0.2, 0.25) is 0 Å². The van der Waals surface area contributed by atoms with Gasteiger partial charge in [-0.15, -0.1) is 0 Å². The molecule has 1 aliphatic heterocycles. The van der Waals surface area contributed by atoms with E-state index >= 15 is 0 Å². The van der Waals surface area contributed by atoms with Crippen molar-refractivity contribution >= 4 is 23.3 Å². The van der Waals surface area contributed by atoms with E-state index in [1.54, 1.807) is 18.7 Å². The van der Waals surface area contributed by atoms with Crippen molar-refractivity contribution in [2.24, 2.45) is 0 Å². The first-order valence-electron chi connectivity index (χ1n) is 9.02. The summed E-state index contributed by atoms with van der Waals surface area (Å²) in [5.74, 6) is -0.452. The maximum atomic E-state index is 12.8. The second-order valence-corrected chi connectivity index (χ2v) is 7.05. The fourth-order valence-corrected chi connectivity index (χ4v) is 3.05. The van der Waals surface area contributed by atoms with E-state index in [4.69, 9.17) is 0 Å². The molecule has 1 fully saturated rings. The molecule has 3 N–H and O–H groups in total. The van der Waals surface area contributed by atoms with Gasteiger partial charge in [0.15, 0.2) is 6.54 Å². The van der Waals surface area contributed by atoms with Crippen LogP contribution in [0.15, 0.2) is 18.2 Å². The Morgan fingerprint density at radius 1 is 1.28 bits per heavy atom. The molecule has 1 aromatic rings. The third-order valence-corrected chi connectivity index (χ3v) is 4.39. The van der Waals surface area contributed by atoms with Gasteiger partial charge in [0, 0.05) is 12.1 Å². The van der Waals surface area contributed by atoms with E-state index in [9.17, 15) is 32.9 Å². The molecule has 0 atom stereocenters. The fraction of sp³-hybridized carbons (Fsp3) is 0.529. The van der Waals surface area contributed by atoms with Gasteiger partial charge in [-0.2, -0.15) is 13.2 Å². The van der Waals surface area contributed by atoms with Crippen molar-refractivity contribution in [2.45, 2.75) is 26.1 Å². The predicted molar refractivity (Wildman–Crippen MR) is 97.7 cm³/mol. The van der Waals surface area contributed by atoms with Crippen LogP contribution in [-0.4, -0.2) is 55.6 Å². The first kappa shape index (κ1) is 22.4. The summed E-state index contributed by atoms with van der Waals surface area (Å²) in [6.07, 6.45) is -4.67. The van der Waals surface area contributed by atoms with E-state index < -0.39 is 34.3 Å². The number of nitro benzene ring substituents is 1. The van der Waals surface area contributed by atoms with Crippen molar-refractivity contribution in [1.82, 2.24) is 10.6 Å². The van der Waals surface area contributed by atoms with Gasteiger partial charge in [0.1, 0.15) is 5.69 Å². The Balaban J connectivity index is 1.98. The number of carbonyl (C=O) groups is 2. The number of halogens is 3. The number of carbonyl (C=O) groups excluding carboxylic acids is 2. The average molecular weight is 418 g/mol. The molecule has 1 saturated heterocycles. The molecule has 12 heteroatoms. The Labute approximate surface area is 165 Å². The van der Waals surface area contributed by atoms with E-state index in [1.165, 1.54) is 0 Å². The summed E-state index contributed by atoms with van der Waals surface area (Å²) in [4.78, 5) is 36.4. The van der Waals surface area contributed by atoms with Crippen LogP contribution in [0, 0.1) is 10.1 Å². The molecule has 2 rings (SSSR count). The number of urea groups is 1. The van der Waals surface area contributed by atoms with Gasteiger partial charge in [-0.1, -0.05) is 0 Å². The largest absolute Gasteiger partial charge is 0.416 e. The van der Waals surface area contributed by atoms with Crippen LogP contribution in [0.4, 0.5) is 29.3 Å². The lowest BCUT2D eigenvalue weighted by Gasteiger charge is -2.33. The number of piperazine rings is 1. The maximum Gasteiger partial charge on any atom is 0.416 e. The van der Waals surface area contributed by atoms with Crippen molar-refractivity contribution in [2.75, 3.05) is 37.6 Å². The topological polar surface area (TPSA) is 109 Å². The number of benzene rings is 1. The maximum absolute atomic E-state index is 12.8. The SMILES string of the molecule is CC(C)NC(=O)NC(=O)C[NH+]1CCN(c2ccc(C(F)(F)F)cc2[N+](=O)[O-])CC1. The van der Waals surface area contributed by atoms with Gasteiger partial charge in [-0.3, -0.25) is 20.2 Å². The number of rotatable bonds is 5. The highest BCUT2D eigenvalue weighted by molar-refractivity contribution is 5.94. The summed E-state index contributed by atoms with van der Waals surface area (Å²) in [5.41, 5.74) is -1.57. The highest BCUT2D eigenvalue weighted by Gasteiger charge is 2.34. The Hall–Kier alpha value is -2.89. The highest BCUT2D eigenvalue weighted by atomic mass is 19.4. The van der Waals surface area contributed by atoms with E-state index in [1.807, 2.05) is 0 Å². The molecule has 0 aromatic heterocycles. The molecule has 0 saturated carbocycles. The minimum Gasteiger partial charge on any atom is -0.355 e. The summed E-state index contributed by atoms with van der Waals surface area (Å²) in [5, 5.41) is 16.0. The Kier molecular flexibility index (Phi) is 7.01. The first-order valence-corrected chi connectivity index (χ1v) is 9.02. The number of nitrogens with one attached hydrogen (secondary N) is 3. The summed E-state index contributed by atoms with van der Waals surface area (Å²) in [6.45, 7) is 5.10. The third kappa shape index (κ3) is 6.31. The number of nitrogens with zero attached hydrogens (tertiary/aromatic N) is 2. The van der Waals surface area contributed by atoms with Gasteiger partial charge in [0.25, 0.3) is 11.6 Å². The van der Waals surface area contributed by atoms with Gasteiger partial charge in [-0.25, -0.2) is 4.79 Å². The van der Waals surface area contributed by atoms with Crippen molar-refractivity contribution in [3.05, 3.63) is 33.9 Å².